The molecule has 0 amide bonds. The van der Waals surface area contributed by atoms with Crippen LogP contribution < -0.4 is 0 Å². The minimum Gasteiger partial charge on any atom is -0.462 e. The van der Waals surface area contributed by atoms with E-state index >= 15 is 0 Å². The second-order valence-electron chi connectivity index (χ2n) is 4.32. The lowest BCUT2D eigenvalue weighted by Crippen LogP contribution is -2.11. The maximum absolute atomic E-state index is 12.9. The summed E-state index contributed by atoms with van der Waals surface area (Å²) < 4.78 is 28.3. The van der Waals surface area contributed by atoms with Crippen molar-refractivity contribution in [3.8, 4) is 6.07 Å². The lowest BCUT2D eigenvalue weighted by atomic mass is 10.1. The number of nitriles is 1. The monoisotopic (exact) mass is 337 g/mol. The first-order chi connectivity index (χ1) is 11.0. The van der Waals surface area contributed by atoms with E-state index in [4.69, 9.17) is 19.0 Å². The highest BCUT2D eigenvalue weighted by Crippen LogP contribution is 2.57. The summed E-state index contributed by atoms with van der Waals surface area (Å²) in [5.74, 6) is -0.748. The molecule has 0 aliphatic carbocycles. The van der Waals surface area contributed by atoms with Crippen molar-refractivity contribution in [3.05, 3.63) is 40.7 Å². The summed E-state index contributed by atoms with van der Waals surface area (Å²) in [4.78, 5) is 12.2. The highest BCUT2D eigenvalue weighted by atomic mass is 31.2. The van der Waals surface area contributed by atoms with Gasteiger partial charge in [0.15, 0.2) is 0 Å². The average Bonchev–Trinajstić information content (AvgIpc) is 2.53. The minimum atomic E-state index is -3.78. The molecule has 1 rings (SSSR count). The maximum Gasteiger partial charge on any atom is 0.368 e. The van der Waals surface area contributed by atoms with Gasteiger partial charge in [-0.3, -0.25) is 4.57 Å². The van der Waals surface area contributed by atoms with Gasteiger partial charge in [-0.15, -0.1) is 0 Å². The zero-order chi connectivity index (χ0) is 17.3. The molecule has 0 aliphatic rings. The largest absolute Gasteiger partial charge is 0.462 e. The van der Waals surface area contributed by atoms with Crippen LogP contribution in [0, 0.1) is 11.3 Å². The molecule has 0 saturated heterocycles. The molecule has 0 fully saturated rings. The Labute approximate surface area is 136 Å². The van der Waals surface area contributed by atoms with Gasteiger partial charge in [0.2, 0.25) is 0 Å². The molecule has 0 aromatic heterocycles. The van der Waals surface area contributed by atoms with Crippen LogP contribution in [0.15, 0.2) is 29.6 Å². The van der Waals surface area contributed by atoms with Gasteiger partial charge in [-0.1, -0.05) is 12.1 Å². The number of carbonyl (C=O) groups excluding carboxylic acids is 1. The van der Waals surface area contributed by atoms with E-state index in [2.05, 4.69) is 0 Å². The summed E-state index contributed by atoms with van der Waals surface area (Å²) in [5, 5.41) is 8.65. The van der Waals surface area contributed by atoms with Crippen LogP contribution in [0.25, 0.3) is 6.08 Å². The van der Waals surface area contributed by atoms with Crippen LogP contribution in [0.2, 0.25) is 0 Å². The van der Waals surface area contributed by atoms with E-state index < -0.39 is 13.6 Å². The molecule has 0 heterocycles. The van der Waals surface area contributed by atoms with Crippen LogP contribution in [0.3, 0.4) is 0 Å². The molecule has 6 nitrogen and oxygen atoms in total. The zero-order valence-electron chi connectivity index (χ0n) is 13.4. The van der Waals surface area contributed by atoms with E-state index in [1.165, 1.54) is 6.08 Å². The topological polar surface area (TPSA) is 85.6 Å². The van der Waals surface area contributed by atoms with E-state index in [1.807, 2.05) is 6.07 Å². The molecule has 1 aromatic carbocycles. The number of esters is 1. The molecule has 1 aromatic rings. The summed E-state index contributed by atoms with van der Waals surface area (Å²) in [6.07, 6.45) is 1.41. The fourth-order valence-electron chi connectivity index (χ4n) is 1.78. The Morgan fingerprint density at radius 3 is 2.13 bits per heavy atom. The molecule has 7 heteroatoms. The molecule has 0 aliphatic heterocycles. The Morgan fingerprint density at radius 1 is 1.13 bits per heavy atom. The Hall–Kier alpha value is -1.93. The summed E-state index contributed by atoms with van der Waals surface area (Å²) in [6.45, 7) is 5.38. The molecule has 23 heavy (non-hydrogen) atoms. The van der Waals surface area contributed by atoms with Crippen molar-refractivity contribution in [2.75, 3.05) is 19.8 Å². The lowest BCUT2D eigenvalue weighted by molar-refractivity contribution is -0.137. The zero-order valence-corrected chi connectivity index (χ0v) is 14.3. The number of benzene rings is 1. The Bertz CT molecular complexity index is 635. The number of ether oxygens (including phenoxy) is 1. The predicted octanol–water partition coefficient (Wildman–Crippen LogP) is 3.73. The first kappa shape index (κ1) is 19.1. The number of hydrogen-bond donors (Lipinski definition) is 0. The van der Waals surface area contributed by atoms with Crippen molar-refractivity contribution in [1.82, 2.24) is 0 Å². The van der Waals surface area contributed by atoms with Crippen LogP contribution in [0.5, 0.6) is 0 Å². The average molecular weight is 337 g/mol. The van der Waals surface area contributed by atoms with Crippen molar-refractivity contribution >= 4 is 19.6 Å². The quantitative estimate of drug-likeness (QED) is 0.408. The van der Waals surface area contributed by atoms with Crippen LogP contribution in [-0.4, -0.2) is 25.8 Å². The van der Waals surface area contributed by atoms with Gasteiger partial charge in [-0.2, -0.15) is 5.26 Å². The summed E-state index contributed by atoms with van der Waals surface area (Å²) in [5.41, 5.74) is 1.07. The van der Waals surface area contributed by atoms with E-state index in [0.29, 0.717) is 11.1 Å². The van der Waals surface area contributed by atoms with Gasteiger partial charge in [0, 0.05) is 0 Å². The van der Waals surface area contributed by atoms with Gasteiger partial charge < -0.3 is 13.8 Å². The van der Waals surface area contributed by atoms with Crippen LogP contribution in [0.1, 0.15) is 31.9 Å². The van der Waals surface area contributed by atoms with Crippen LogP contribution in [0.4, 0.5) is 0 Å². The second-order valence-corrected chi connectivity index (χ2v) is 6.31. The molecule has 0 atom stereocenters. The molecular formula is C16H20NO5P. The Balaban J connectivity index is 3.32. The van der Waals surface area contributed by atoms with Gasteiger partial charge in [0.05, 0.1) is 31.5 Å². The minimum absolute atomic E-state index is 0.126. The molecule has 0 spiro atoms. The SMILES string of the molecule is CCOC(=O)/C(=C/c1ccc(C#N)cc1)P(=O)(OCC)OCC. The number of hydrogen-bond acceptors (Lipinski definition) is 6. The molecule has 0 N–H and O–H groups in total. The van der Waals surface area contributed by atoms with Crippen molar-refractivity contribution in [2.24, 2.45) is 0 Å². The molecule has 0 radical (unpaired) electrons. The molecule has 0 unspecified atom stereocenters. The van der Waals surface area contributed by atoms with Gasteiger partial charge in [-0.05, 0) is 44.5 Å². The third-order valence-electron chi connectivity index (χ3n) is 2.72. The van der Waals surface area contributed by atoms with Gasteiger partial charge in [0.25, 0.3) is 0 Å². The summed E-state index contributed by atoms with van der Waals surface area (Å²) >= 11 is 0. The lowest BCUT2D eigenvalue weighted by Gasteiger charge is -2.19. The van der Waals surface area contributed by atoms with Crippen molar-refractivity contribution in [1.29, 1.82) is 5.26 Å². The predicted molar refractivity (Wildman–Crippen MR) is 86.6 cm³/mol. The van der Waals surface area contributed by atoms with Gasteiger partial charge >= 0.3 is 13.6 Å². The van der Waals surface area contributed by atoms with E-state index in [0.717, 1.165) is 0 Å². The Kier molecular flexibility index (Phi) is 7.70. The number of nitrogens with zero attached hydrogens (tertiary/aromatic N) is 1. The highest BCUT2D eigenvalue weighted by molar-refractivity contribution is 7.60. The van der Waals surface area contributed by atoms with Crippen molar-refractivity contribution < 1.29 is 23.1 Å². The molecule has 0 bridgehead atoms. The molecule has 0 saturated carbocycles. The second kappa shape index (κ2) is 9.26. The first-order valence-electron chi connectivity index (χ1n) is 7.29. The highest BCUT2D eigenvalue weighted by Gasteiger charge is 2.36. The normalized spacial score (nSPS) is 11.8. The summed E-state index contributed by atoms with van der Waals surface area (Å²) in [6, 6.07) is 8.48. The van der Waals surface area contributed by atoms with E-state index in [9.17, 15) is 9.36 Å². The third-order valence-corrected chi connectivity index (χ3v) is 4.82. The molecular weight excluding hydrogens is 317 g/mol. The standard InChI is InChI=1S/C16H20NO5P/c1-4-20-16(18)15(23(19,21-5-2)22-6-3)11-13-7-9-14(12-17)10-8-13/h7-11H,4-6H2,1-3H3/b15-11-. The molecule has 124 valence electrons. The Morgan fingerprint density at radius 2 is 1.70 bits per heavy atom. The first-order valence-corrected chi connectivity index (χ1v) is 8.83. The third kappa shape index (κ3) is 5.33. The van der Waals surface area contributed by atoms with E-state index in [-0.39, 0.29) is 25.1 Å². The van der Waals surface area contributed by atoms with E-state index in [1.54, 1.807) is 45.0 Å². The number of rotatable bonds is 8. The number of carbonyl (C=O) groups is 1. The van der Waals surface area contributed by atoms with Crippen LogP contribution in [-0.2, 0) is 23.1 Å². The smallest absolute Gasteiger partial charge is 0.368 e. The van der Waals surface area contributed by atoms with Crippen molar-refractivity contribution in [3.63, 3.8) is 0 Å². The van der Waals surface area contributed by atoms with Gasteiger partial charge in [0.1, 0.15) is 5.31 Å². The van der Waals surface area contributed by atoms with Gasteiger partial charge in [-0.25, -0.2) is 4.79 Å². The fourth-order valence-corrected chi connectivity index (χ4v) is 3.41. The fraction of sp³-hybridized carbons (Fsp3) is 0.375. The van der Waals surface area contributed by atoms with Crippen molar-refractivity contribution in [2.45, 2.75) is 20.8 Å². The van der Waals surface area contributed by atoms with Crippen LogP contribution >= 0.6 is 7.60 Å². The summed E-state index contributed by atoms with van der Waals surface area (Å²) in [7, 11) is -3.78. The maximum atomic E-state index is 12.9.